The summed E-state index contributed by atoms with van der Waals surface area (Å²) in [4.78, 5) is 12.4. The van der Waals surface area contributed by atoms with Crippen molar-refractivity contribution in [3.63, 3.8) is 0 Å². The van der Waals surface area contributed by atoms with Crippen LogP contribution in [-0.4, -0.2) is 27.3 Å². The summed E-state index contributed by atoms with van der Waals surface area (Å²) in [5.74, 6) is 0.913. The molecule has 1 aliphatic carbocycles. The zero-order chi connectivity index (χ0) is 16.9. The largest absolute Gasteiger partial charge is 0.396 e. The minimum absolute atomic E-state index is 0. The van der Waals surface area contributed by atoms with Crippen LogP contribution in [0.4, 0.5) is 0 Å². The smallest absolute Gasteiger partial charge is 0.163 e. The number of fused-ring (bicyclic) bond motifs is 1. The van der Waals surface area contributed by atoms with E-state index in [0.717, 1.165) is 40.9 Å². The second kappa shape index (κ2) is 9.35. The van der Waals surface area contributed by atoms with Gasteiger partial charge >= 0.3 is 0 Å². The first kappa shape index (κ1) is 19.9. The number of carbonyl (C=O) groups excluding carboxylic acids is 1. The lowest BCUT2D eigenvalue weighted by molar-refractivity contribution is 0.0977. The van der Waals surface area contributed by atoms with E-state index in [1.54, 1.807) is 0 Å². The molecule has 138 valence electrons. The van der Waals surface area contributed by atoms with Crippen LogP contribution in [-0.2, 0) is 6.54 Å². The van der Waals surface area contributed by atoms with E-state index in [2.05, 4.69) is 10.9 Å². The van der Waals surface area contributed by atoms with E-state index in [1.807, 2.05) is 19.1 Å². The van der Waals surface area contributed by atoms with Gasteiger partial charge < -0.3 is 5.11 Å². The highest BCUT2D eigenvalue weighted by Gasteiger charge is 2.17. The van der Waals surface area contributed by atoms with Crippen molar-refractivity contribution in [3.05, 3.63) is 29.5 Å². The lowest BCUT2D eigenvalue weighted by Gasteiger charge is -2.21. The number of rotatable bonds is 7. The van der Waals surface area contributed by atoms with Crippen LogP contribution in [0.5, 0.6) is 0 Å². The fourth-order valence-electron chi connectivity index (χ4n) is 3.84. The van der Waals surface area contributed by atoms with Crippen LogP contribution in [0.3, 0.4) is 0 Å². The third-order valence-electron chi connectivity index (χ3n) is 5.29. The lowest BCUT2D eigenvalue weighted by Crippen LogP contribution is -2.14. The molecule has 1 N–H and O–H groups in total. The normalized spacial score (nSPS) is 15.3. The molecule has 4 nitrogen and oxygen atoms in total. The summed E-state index contributed by atoms with van der Waals surface area (Å²) in [7, 11) is 0. The van der Waals surface area contributed by atoms with Gasteiger partial charge in [0.25, 0.3) is 0 Å². The lowest BCUT2D eigenvalue weighted by atomic mass is 9.89. The quantitative estimate of drug-likeness (QED) is 0.572. The first-order chi connectivity index (χ1) is 11.7. The molecular weight excluding hydrogens is 336 g/mol. The number of aliphatic hydroxyl groups excluding tert-OH is 1. The molecule has 1 heterocycles. The van der Waals surface area contributed by atoms with E-state index in [-0.39, 0.29) is 24.8 Å². The van der Waals surface area contributed by atoms with E-state index in [4.69, 9.17) is 10.2 Å². The van der Waals surface area contributed by atoms with Crippen molar-refractivity contribution in [2.24, 2.45) is 5.92 Å². The molecule has 0 amide bonds. The van der Waals surface area contributed by atoms with Gasteiger partial charge in [-0.1, -0.05) is 19.3 Å². The fraction of sp³-hybridized carbons (Fsp3) is 0.600. The second-order valence-corrected chi connectivity index (χ2v) is 7.13. The molecule has 5 heteroatoms. The zero-order valence-electron chi connectivity index (χ0n) is 15.0. The van der Waals surface area contributed by atoms with Crippen molar-refractivity contribution < 1.29 is 9.90 Å². The number of unbranched alkanes of at least 4 members (excludes halogenated alkanes) is 1. The highest BCUT2D eigenvalue weighted by atomic mass is 35.5. The van der Waals surface area contributed by atoms with Gasteiger partial charge in [0.15, 0.2) is 5.78 Å². The Morgan fingerprint density at radius 1 is 1.24 bits per heavy atom. The molecule has 0 spiro atoms. The number of ketones is 1. The molecule has 0 unspecified atom stereocenters. The van der Waals surface area contributed by atoms with Gasteiger partial charge in [-0.15, -0.1) is 12.4 Å². The minimum Gasteiger partial charge on any atom is -0.396 e. The number of halogens is 1. The highest BCUT2D eigenvalue weighted by Crippen LogP contribution is 2.27. The summed E-state index contributed by atoms with van der Waals surface area (Å²) in [6.45, 7) is 3.17. The molecule has 2 aromatic rings. The Morgan fingerprint density at radius 2 is 2.00 bits per heavy atom. The first-order valence-electron chi connectivity index (χ1n) is 9.30. The molecule has 0 radical (unpaired) electrons. The third-order valence-corrected chi connectivity index (χ3v) is 5.29. The number of aryl methyl sites for hydroxylation is 1. The molecule has 1 aromatic heterocycles. The summed E-state index contributed by atoms with van der Waals surface area (Å²) >= 11 is 0. The molecule has 3 rings (SSSR count). The summed E-state index contributed by atoms with van der Waals surface area (Å²) in [5.41, 5.74) is 2.82. The average molecular weight is 365 g/mol. The number of aromatic nitrogens is 2. The van der Waals surface area contributed by atoms with E-state index in [9.17, 15) is 4.79 Å². The number of nitrogens with zero attached hydrogens (tertiary/aromatic N) is 2. The Kier molecular flexibility index (Phi) is 7.45. The maximum Gasteiger partial charge on any atom is 0.163 e. The van der Waals surface area contributed by atoms with Gasteiger partial charge in [0.2, 0.25) is 0 Å². The summed E-state index contributed by atoms with van der Waals surface area (Å²) in [6.07, 6.45) is 10.7. The van der Waals surface area contributed by atoms with Crippen molar-refractivity contribution >= 4 is 29.1 Å². The maximum atomic E-state index is 12.4. The molecule has 0 atom stereocenters. The number of carbonyl (C=O) groups is 1. The van der Waals surface area contributed by atoms with Crippen LogP contribution in [0.1, 0.15) is 67.3 Å². The third kappa shape index (κ3) is 4.83. The molecule has 0 saturated heterocycles. The predicted octanol–water partition coefficient (Wildman–Crippen LogP) is 4.69. The molecular formula is C20H29ClN2O2. The first-order valence-corrected chi connectivity index (χ1v) is 9.30. The van der Waals surface area contributed by atoms with Crippen molar-refractivity contribution in [1.82, 2.24) is 9.78 Å². The molecule has 1 aromatic carbocycles. The molecule has 0 aliphatic heterocycles. The van der Waals surface area contributed by atoms with Gasteiger partial charge in [-0.25, -0.2) is 0 Å². The summed E-state index contributed by atoms with van der Waals surface area (Å²) < 4.78 is 2.08. The van der Waals surface area contributed by atoms with Gasteiger partial charge in [-0.3, -0.25) is 9.48 Å². The van der Waals surface area contributed by atoms with Crippen LogP contribution < -0.4 is 0 Å². The molecule has 25 heavy (non-hydrogen) atoms. The van der Waals surface area contributed by atoms with Gasteiger partial charge in [-0.05, 0) is 56.2 Å². The Bertz CT molecular complexity index is 705. The molecule has 1 saturated carbocycles. The number of hydrogen-bond donors (Lipinski definition) is 1. The standard InChI is InChI=1S/C20H28N2O2.ClH/c1-15-17(20(24)9-5-6-12-23)10-11-19-18(15)14-22(21-19)13-16-7-3-2-4-8-16;/h10-11,14,16,23H,2-9,12-13H2,1H3;1H. The summed E-state index contributed by atoms with van der Waals surface area (Å²) in [6, 6.07) is 3.88. The number of hydrogen-bond acceptors (Lipinski definition) is 3. The van der Waals surface area contributed by atoms with E-state index in [1.165, 1.54) is 32.1 Å². The van der Waals surface area contributed by atoms with Gasteiger partial charge in [0, 0.05) is 36.7 Å². The van der Waals surface area contributed by atoms with Gasteiger partial charge in [0.1, 0.15) is 0 Å². The molecule has 1 fully saturated rings. The summed E-state index contributed by atoms with van der Waals surface area (Å²) in [5, 5.41) is 14.7. The number of Topliss-reactive ketones (excluding diaryl/α,β-unsaturated/α-hetero) is 1. The highest BCUT2D eigenvalue weighted by molar-refractivity contribution is 6.01. The van der Waals surface area contributed by atoms with Crippen LogP contribution in [0.15, 0.2) is 18.3 Å². The Balaban J connectivity index is 0.00000225. The Morgan fingerprint density at radius 3 is 2.72 bits per heavy atom. The second-order valence-electron chi connectivity index (χ2n) is 7.13. The van der Waals surface area contributed by atoms with E-state index < -0.39 is 0 Å². The SMILES string of the molecule is Cc1c(C(=O)CCCCO)ccc2nn(CC3CCCCC3)cc12.Cl. The van der Waals surface area contributed by atoms with Gasteiger partial charge in [-0.2, -0.15) is 5.10 Å². The van der Waals surface area contributed by atoms with Crippen molar-refractivity contribution in [2.75, 3.05) is 6.61 Å². The molecule has 1 aliphatic rings. The predicted molar refractivity (Wildman–Crippen MR) is 104 cm³/mol. The van der Waals surface area contributed by atoms with Crippen LogP contribution in [0.25, 0.3) is 10.9 Å². The van der Waals surface area contributed by atoms with Crippen molar-refractivity contribution in [1.29, 1.82) is 0 Å². The average Bonchev–Trinajstić information content (AvgIpc) is 3.00. The van der Waals surface area contributed by atoms with Crippen LogP contribution in [0, 0.1) is 12.8 Å². The van der Waals surface area contributed by atoms with Crippen LogP contribution >= 0.6 is 12.4 Å². The zero-order valence-corrected chi connectivity index (χ0v) is 15.9. The van der Waals surface area contributed by atoms with Gasteiger partial charge in [0.05, 0.1) is 5.52 Å². The van der Waals surface area contributed by atoms with E-state index in [0.29, 0.717) is 12.8 Å². The van der Waals surface area contributed by atoms with Crippen LogP contribution in [0.2, 0.25) is 0 Å². The monoisotopic (exact) mass is 364 g/mol. The number of aliphatic hydroxyl groups is 1. The topological polar surface area (TPSA) is 55.1 Å². The number of benzene rings is 1. The Hall–Kier alpha value is -1.39. The fourth-order valence-corrected chi connectivity index (χ4v) is 3.84. The molecule has 0 bridgehead atoms. The maximum absolute atomic E-state index is 12.4. The Labute approximate surface area is 156 Å². The van der Waals surface area contributed by atoms with E-state index >= 15 is 0 Å². The van der Waals surface area contributed by atoms with Crippen molar-refractivity contribution in [3.8, 4) is 0 Å². The minimum atomic E-state index is 0. The van der Waals surface area contributed by atoms with Crippen molar-refractivity contribution in [2.45, 2.75) is 64.8 Å².